The number of aromatic nitrogens is 1. The van der Waals surface area contributed by atoms with Gasteiger partial charge in [0.2, 0.25) is 0 Å². The summed E-state index contributed by atoms with van der Waals surface area (Å²) in [7, 11) is 0. The average Bonchev–Trinajstić information content (AvgIpc) is 2.60. The van der Waals surface area contributed by atoms with E-state index in [2.05, 4.69) is 16.4 Å². The Bertz CT molecular complexity index is 703. The molecule has 2 aromatic rings. The van der Waals surface area contributed by atoms with E-state index in [0.717, 1.165) is 16.9 Å². The molecule has 1 amide bonds. The van der Waals surface area contributed by atoms with Crippen LogP contribution in [-0.2, 0) is 11.3 Å². The molecule has 0 bridgehead atoms. The number of aryl methyl sites for hydroxylation is 1. The minimum Gasteiger partial charge on any atom is -0.379 e. The van der Waals surface area contributed by atoms with Crippen molar-refractivity contribution in [1.82, 2.24) is 9.88 Å². The maximum atomic E-state index is 12.7. The predicted octanol–water partition coefficient (Wildman–Crippen LogP) is 3.25. The van der Waals surface area contributed by atoms with Crippen LogP contribution in [0.3, 0.4) is 0 Å². The van der Waals surface area contributed by atoms with Gasteiger partial charge in [0, 0.05) is 30.5 Å². The van der Waals surface area contributed by atoms with E-state index in [0.29, 0.717) is 25.2 Å². The third-order valence-electron chi connectivity index (χ3n) is 4.28. The summed E-state index contributed by atoms with van der Waals surface area (Å²) >= 11 is 0. The SMILES string of the molecule is Cc1ccc(CNc2ccc(C(=O)N3CC(C)OC(C)C3)cc2)nc1. The number of pyridine rings is 1. The normalized spacial score (nSPS) is 20.4. The van der Waals surface area contributed by atoms with Crippen molar-refractivity contribution in [1.29, 1.82) is 0 Å². The third kappa shape index (κ3) is 4.57. The first-order valence-corrected chi connectivity index (χ1v) is 8.71. The Balaban J connectivity index is 1.59. The lowest BCUT2D eigenvalue weighted by molar-refractivity contribution is -0.0586. The van der Waals surface area contributed by atoms with Crippen LogP contribution in [0.1, 0.15) is 35.5 Å². The Kier molecular flexibility index (Phi) is 5.34. The van der Waals surface area contributed by atoms with Crippen LogP contribution in [0.4, 0.5) is 5.69 Å². The molecule has 1 aliphatic rings. The molecule has 5 heteroatoms. The average molecular weight is 339 g/mol. The number of carbonyl (C=O) groups is 1. The third-order valence-corrected chi connectivity index (χ3v) is 4.28. The Labute approximate surface area is 149 Å². The molecule has 0 spiro atoms. The van der Waals surface area contributed by atoms with Gasteiger partial charge in [-0.2, -0.15) is 0 Å². The molecule has 2 unspecified atom stereocenters. The van der Waals surface area contributed by atoms with Gasteiger partial charge < -0.3 is 15.0 Å². The number of nitrogens with one attached hydrogen (secondary N) is 1. The van der Waals surface area contributed by atoms with Crippen LogP contribution in [0.25, 0.3) is 0 Å². The largest absolute Gasteiger partial charge is 0.379 e. The van der Waals surface area contributed by atoms with Crippen molar-refractivity contribution in [3.05, 3.63) is 59.4 Å². The highest BCUT2D eigenvalue weighted by atomic mass is 16.5. The van der Waals surface area contributed by atoms with Crippen molar-refractivity contribution in [2.75, 3.05) is 18.4 Å². The molecule has 2 heterocycles. The topological polar surface area (TPSA) is 54.5 Å². The van der Waals surface area contributed by atoms with Crippen LogP contribution in [0.2, 0.25) is 0 Å². The van der Waals surface area contributed by atoms with Crippen LogP contribution in [-0.4, -0.2) is 41.1 Å². The monoisotopic (exact) mass is 339 g/mol. The summed E-state index contributed by atoms with van der Waals surface area (Å²) in [5.41, 5.74) is 3.82. The highest BCUT2D eigenvalue weighted by Gasteiger charge is 2.26. The van der Waals surface area contributed by atoms with Crippen LogP contribution in [0.15, 0.2) is 42.6 Å². The van der Waals surface area contributed by atoms with E-state index in [-0.39, 0.29) is 18.1 Å². The first-order chi connectivity index (χ1) is 12.0. The van der Waals surface area contributed by atoms with Gasteiger partial charge >= 0.3 is 0 Å². The second kappa shape index (κ2) is 7.66. The lowest BCUT2D eigenvalue weighted by Gasteiger charge is -2.35. The molecule has 132 valence electrons. The molecular weight excluding hydrogens is 314 g/mol. The number of hydrogen-bond donors (Lipinski definition) is 1. The van der Waals surface area contributed by atoms with Gasteiger partial charge in [-0.05, 0) is 56.7 Å². The highest BCUT2D eigenvalue weighted by Crippen LogP contribution is 2.16. The summed E-state index contributed by atoms with van der Waals surface area (Å²) in [5, 5.41) is 3.33. The molecule has 1 aliphatic heterocycles. The van der Waals surface area contributed by atoms with Crippen molar-refractivity contribution in [3.63, 3.8) is 0 Å². The lowest BCUT2D eigenvalue weighted by Crippen LogP contribution is -2.48. The van der Waals surface area contributed by atoms with Gasteiger partial charge in [-0.25, -0.2) is 0 Å². The molecule has 1 aromatic heterocycles. The molecule has 0 radical (unpaired) electrons. The van der Waals surface area contributed by atoms with E-state index in [1.165, 1.54) is 0 Å². The molecule has 1 saturated heterocycles. The standard InChI is InChI=1S/C20H25N3O2/c1-14-4-7-19(21-10-14)11-22-18-8-5-17(6-9-18)20(24)23-12-15(2)25-16(3)13-23/h4-10,15-16,22H,11-13H2,1-3H3. The van der Waals surface area contributed by atoms with Crippen LogP contribution in [0.5, 0.6) is 0 Å². The fourth-order valence-electron chi connectivity index (χ4n) is 3.05. The molecule has 5 nitrogen and oxygen atoms in total. The van der Waals surface area contributed by atoms with E-state index in [9.17, 15) is 4.79 Å². The van der Waals surface area contributed by atoms with Gasteiger partial charge in [0.05, 0.1) is 24.4 Å². The van der Waals surface area contributed by atoms with Crippen molar-refractivity contribution in [2.45, 2.75) is 39.5 Å². The number of hydrogen-bond acceptors (Lipinski definition) is 4. The molecule has 1 aromatic carbocycles. The van der Waals surface area contributed by atoms with Gasteiger partial charge in [-0.1, -0.05) is 6.07 Å². The first-order valence-electron chi connectivity index (χ1n) is 8.71. The summed E-state index contributed by atoms with van der Waals surface area (Å²) in [4.78, 5) is 18.9. The van der Waals surface area contributed by atoms with Crippen molar-refractivity contribution in [3.8, 4) is 0 Å². The number of morpholine rings is 1. The number of benzene rings is 1. The lowest BCUT2D eigenvalue weighted by atomic mass is 10.1. The Morgan fingerprint density at radius 2 is 1.84 bits per heavy atom. The zero-order valence-electron chi connectivity index (χ0n) is 15.0. The fraction of sp³-hybridized carbons (Fsp3) is 0.400. The van der Waals surface area contributed by atoms with Crippen molar-refractivity contribution < 1.29 is 9.53 Å². The Morgan fingerprint density at radius 3 is 2.44 bits per heavy atom. The zero-order chi connectivity index (χ0) is 17.8. The highest BCUT2D eigenvalue weighted by molar-refractivity contribution is 5.94. The molecule has 25 heavy (non-hydrogen) atoms. The Morgan fingerprint density at radius 1 is 1.16 bits per heavy atom. The van der Waals surface area contributed by atoms with Crippen LogP contribution >= 0.6 is 0 Å². The molecule has 0 aliphatic carbocycles. The molecule has 1 N–H and O–H groups in total. The molecule has 1 fully saturated rings. The van der Waals surface area contributed by atoms with Gasteiger partial charge in [0.15, 0.2) is 0 Å². The maximum Gasteiger partial charge on any atom is 0.254 e. The summed E-state index contributed by atoms with van der Waals surface area (Å²) in [6, 6.07) is 11.7. The van der Waals surface area contributed by atoms with E-state index in [4.69, 9.17) is 4.74 Å². The van der Waals surface area contributed by atoms with E-state index in [1.54, 1.807) is 0 Å². The number of amides is 1. The number of ether oxygens (including phenoxy) is 1. The van der Waals surface area contributed by atoms with E-state index < -0.39 is 0 Å². The smallest absolute Gasteiger partial charge is 0.254 e. The summed E-state index contributed by atoms with van der Waals surface area (Å²) in [6.07, 6.45) is 2.02. The summed E-state index contributed by atoms with van der Waals surface area (Å²) in [5.74, 6) is 0.0637. The molecule has 3 rings (SSSR count). The summed E-state index contributed by atoms with van der Waals surface area (Å²) in [6.45, 7) is 7.97. The number of nitrogens with zero attached hydrogens (tertiary/aromatic N) is 2. The second-order valence-corrected chi connectivity index (χ2v) is 6.73. The van der Waals surface area contributed by atoms with Gasteiger partial charge in [-0.3, -0.25) is 9.78 Å². The maximum absolute atomic E-state index is 12.7. The zero-order valence-corrected chi connectivity index (χ0v) is 15.0. The molecule has 0 saturated carbocycles. The van der Waals surface area contributed by atoms with E-state index in [1.807, 2.05) is 62.2 Å². The first kappa shape index (κ1) is 17.4. The van der Waals surface area contributed by atoms with Crippen molar-refractivity contribution in [2.24, 2.45) is 0 Å². The van der Waals surface area contributed by atoms with E-state index >= 15 is 0 Å². The second-order valence-electron chi connectivity index (χ2n) is 6.73. The van der Waals surface area contributed by atoms with Crippen LogP contribution < -0.4 is 5.32 Å². The predicted molar refractivity (Wildman–Crippen MR) is 98.7 cm³/mol. The van der Waals surface area contributed by atoms with Crippen molar-refractivity contribution >= 4 is 11.6 Å². The van der Waals surface area contributed by atoms with Gasteiger partial charge in [0.25, 0.3) is 5.91 Å². The summed E-state index contributed by atoms with van der Waals surface area (Å²) < 4.78 is 5.69. The molecular formula is C20H25N3O2. The van der Waals surface area contributed by atoms with Crippen LogP contribution in [0, 0.1) is 6.92 Å². The quantitative estimate of drug-likeness (QED) is 0.929. The number of rotatable bonds is 4. The fourth-order valence-corrected chi connectivity index (χ4v) is 3.05. The molecule has 2 atom stereocenters. The number of carbonyl (C=O) groups excluding carboxylic acids is 1. The number of anilines is 1. The minimum absolute atomic E-state index is 0.0637. The minimum atomic E-state index is 0.0637. The van der Waals surface area contributed by atoms with Gasteiger partial charge in [-0.15, -0.1) is 0 Å². The van der Waals surface area contributed by atoms with Gasteiger partial charge in [0.1, 0.15) is 0 Å². The Hall–Kier alpha value is -2.40.